The molecular weight excluding hydrogens is 428 g/mol. The molecule has 0 aliphatic carbocycles. The van der Waals surface area contributed by atoms with Crippen molar-refractivity contribution in [2.45, 2.75) is 20.8 Å². The SMILES string of the molecule is Cc1cc(-c2cc(C(=O)Nc3ccccc3N3CCOC3=O)c3c(C)noc3n2)c(C)s1. The highest BCUT2D eigenvalue weighted by Crippen LogP contribution is 2.34. The van der Waals surface area contributed by atoms with Crippen molar-refractivity contribution in [1.82, 2.24) is 10.1 Å². The van der Waals surface area contributed by atoms with Crippen molar-refractivity contribution in [3.63, 3.8) is 0 Å². The van der Waals surface area contributed by atoms with E-state index in [2.05, 4.69) is 15.5 Å². The van der Waals surface area contributed by atoms with Gasteiger partial charge in [-0.25, -0.2) is 9.78 Å². The third-order valence-electron chi connectivity index (χ3n) is 5.38. The van der Waals surface area contributed by atoms with Crippen molar-refractivity contribution in [3.05, 3.63) is 57.4 Å². The van der Waals surface area contributed by atoms with Gasteiger partial charge in [0.15, 0.2) is 0 Å². The summed E-state index contributed by atoms with van der Waals surface area (Å²) in [5.74, 6) is -0.338. The first-order chi connectivity index (χ1) is 15.4. The van der Waals surface area contributed by atoms with E-state index in [-0.39, 0.29) is 5.91 Å². The number of nitrogens with one attached hydrogen (secondary N) is 1. The van der Waals surface area contributed by atoms with Crippen molar-refractivity contribution in [3.8, 4) is 11.3 Å². The molecule has 0 unspecified atom stereocenters. The average Bonchev–Trinajstić information content (AvgIpc) is 3.46. The van der Waals surface area contributed by atoms with Gasteiger partial charge in [-0.1, -0.05) is 17.3 Å². The van der Waals surface area contributed by atoms with Crippen LogP contribution in [0.4, 0.5) is 16.2 Å². The van der Waals surface area contributed by atoms with Crippen LogP contribution < -0.4 is 10.2 Å². The lowest BCUT2D eigenvalue weighted by Gasteiger charge is -2.18. The minimum Gasteiger partial charge on any atom is -0.447 e. The van der Waals surface area contributed by atoms with E-state index in [1.165, 1.54) is 4.90 Å². The second kappa shape index (κ2) is 7.76. The summed E-state index contributed by atoms with van der Waals surface area (Å²) in [6.07, 6.45) is -0.432. The van der Waals surface area contributed by atoms with Crippen LogP contribution in [0.5, 0.6) is 0 Å². The summed E-state index contributed by atoms with van der Waals surface area (Å²) in [5, 5.41) is 7.53. The maximum atomic E-state index is 13.5. The van der Waals surface area contributed by atoms with Gasteiger partial charge in [-0.2, -0.15) is 0 Å². The zero-order chi connectivity index (χ0) is 22.4. The summed E-state index contributed by atoms with van der Waals surface area (Å²) >= 11 is 1.67. The number of aromatic nitrogens is 2. The lowest BCUT2D eigenvalue weighted by molar-refractivity contribution is 0.102. The second-order valence-corrected chi connectivity index (χ2v) is 9.03. The largest absolute Gasteiger partial charge is 0.447 e. The number of hydrogen-bond donors (Lipinski definition) is 1. The normalized spacial score (nSPS) is 13.6. The summed E-state index contributed by atoms with van der Waals surface area (Å²) in [6, 6.07) is 11.0. The maximum Gasteiger partial charge on any atom is 0.414 e. The van der Waals surface area contributed by atoms with E-state index in [0.29, 0.717) is 52.6 Å². The van der Waals surface area contributed by atoms with Gasteiger partial charge in [0.25, 0.3) is 11.6 Å². The number of carbonyl (C=O) groups is 2. The van der Waals surface area contributed by atoms with E-state index >= 15 is 0 Å². The molecular formula is C23H20N4O4S. The van der Waals surface area contributed by atoms with Crippen LogP contribution in [-0.4, -0.2) is 35.3 Å². The molecule has 0 bridgehead atoms. The first-order valence-corrected chi connectivity index (χ1v) is 10.9. The van der Waals surface area contributed by atoms with E-state index in [0.717, 1.165) is 15.3 Å². The number of nitrogens with zero attached hydrogens (tertiary/aromatic N) is 3. The molecule has 1 fully saturated rings. The first-order valence-electron chi connectivity index (χ1n) is 10.1. The van der Waals surface area contributed by atoms with Gasteiger partial charge in [-0.05, 0) is 45.0 Å². The average molecular weight is 449 g/mol. The molecule has 1 aromatic carbocycles. The minimum absolute atomic E-state index is 0.310. The number of hydrogen-bond acceptors (Lipinski definition) is 7. The van der Waals surface area contributed by atoms with Gasteiger partial charge >= 0.3 is 6.09 Å². The molecule has 1 N–H and O–H groups in total. The highest BCUT2D eigenvalue weighted by atomic mass is 32.1. The number of fused-ring (bicyclic) bond motifs is 1. The molecule has 0 atom stereocenters. The Morgan fingerprint density at radius 3 is 2.72 bits per heavy atom. The zero-order valence-corrected chi connectivity index (χ0v) is 18.6. The van der Waals surface area contributed by atoms with Crippen molar-refractivity contribution in [2.24, 2.45) is 0 Å². The van der Waals surface area contributed by atoms with Gasteiger partial charge in [-0.3, -0.25) is 9.69 Å². The van der Waals surface area contributed by atoms with Crippen LogP contribution in [0.2, 0.25) is 0 Å². The number of carbonyl (C=O) groups excluding carboxylic acids is 2. The van der Waals surface area contributed by atoms with Gasteiger partial charge in [-0.15, -0.1) is 11.3 Å². The number of aryl methyl sites for hydroxylation is 3. The lowest BCUT2D eigenvalue weighted by atomic mass is 10.1. The van der Waals surface area contributed by atoms with E-state index < -0.39 is 6.09 Å². The summed E-state index contributed by atoms with van der Waals surface area (Å²) < 4.78 is 10.5. The van der Waals surface area contributed by atoms with Gasteiger partial charge < -0.3 is 14.6 Å². The van der Waals surface area contributed by atoms with Crippen LogP contribution in [0, 0.1) is 20.8 Å². The molecule has 8 nitrogen and oxygen atoms in total. The molecule has 9 heteroatoms. The number of benzene rings is 1. The van der Waals surface area contributed by atoms with Crippen LogP contribution in [0.25, 0.3) is 22.4 Å². The number of thiophene rings is 1. The maximum absolute atomic E-state index is 13.5. The standard InChI is InChI=1S/C23H20N4O4S/c1-12-10-15(14(3)32-12)18-11-16(20-13(2)26-31-22(20)25-18)21(28)24-17-6-4-5-7-19(17)27-8-9-30-23(27)29/h4-7,10-11H,8-9H2,1-3H3,(H,24,28). The molecule has 1 aliphatic rings. The molecule has 2 amide bonds. The Morgan fingerprint density at radius 2 is 2.00 bits per heavy atom. The predicted octanol–water partition coefficient (Wildman–Crippen LogP) is 5.09. The summed E-state index contributed by atoms with van der Waals surface area (Å²) in [5.41, 5.74) is 4.00. The van der Waals surface area contributed by atoms with Crippen LogP contribution >= 0.6 is 11.3 Å². The molecule has 3 aromatic heterocycles. The number of para-hydroxylation sites is 2. The predicted molar refractivity (Wildman–Crippen MR) is 122 cm³/mol. The van der Waals surface area contributed by atoms with E-state index in [1.54, 1.807) is 42.5 Å². The molecule has 0 radical (unpaired) electrons. The Balaban J connectivity index is 1.58. The van der Waals surface area contributed by atoms with Crippen molar-refractivity contribution < 1.29 is 18.8 Å². The van der Waals surface area contributed by atoms with Crippen molar-refractivity contribution >= 4 is 45.8 Å². The molecule has 32 heavy (non-hydrogen) atoms. The van der Waals surface area contributed by atoms with Crippen LogP contribution in [0.15, 0.2) is 40.9 Å². The topological polar surface area (TPSA) is 97.6 Å². The number of ether oxygens (including phenoxy) is 1. The Kier molecular flexibility index (Phi) is 4.90. The second-order valence-electron chi connectivity index (χ2n) is 7.57. The fourth-order valence-electron chi connectivity index (χ4n) is 3.91. The Hall–Kier alpha value is -3.72. The molecule has 162 valence electrons. The molecule has 5 rings (SSSR count). The van der Waals surface area contributed by atoms with E-state index in [9.17, 15) is 9.59 Å². The van der Waals surface area contributed by atoms with E-state index in [4.69, 9.17) is 9.26 Å². The molecule has 1 aliphatic heterocycles. The molecule has 4 heterocycles. The quantitative estimate of drug-likeness (QED) is 0.467. The summed E-state index contributed by atoms with van der Waals surface area (Å²) in [7, 11) is 0. The summed E-state index contributed by atoms with van der Waals surface area (Å²) in [4.78, 5) is 33.9. The number of anilines is 2. The van der Waals surface area contributed by atoms with Gasteiger partial charge in [0, 0.05) is 15.3 Å². The molecule has 0 spiro atoms. The molecule has 1 saturated heterocycles. The number of rotatable bonds is 4. The Labute approximate surface area is 187 Å². The zero-order valence-electron chi connectivity index (χ0n) is 17.8. The van der Waals surface area contributed by atoms with Gasteiger partial charge in [0.05, 0.1) is 40.3 Å². The van der Waals surface area contributed by atoms with Gasteiger partial charge in [0.1, 0.15) is 6.61 Å². The first kappa shape index (κ1) is 20.2. The molecule has 0 saturated carbocycles. The number of cyclic esters (lactones) is 1. The molecule has 4 aromatic rings. The monoisotopic (exact) mass is 448 g/mol. The fourth-order valence-corrected chi connectivity index (χ4v) is 4.85. The Morgan fingerprint density at radius 1 is 1.19 bits per heavy atom. The highest BCUT2D eigenvalue weighted by molar-refractivity contribution is 7.12. The van der Waals surface area contributed by atoms with Crippen LogP contribution in [0.3, 0.4) is 0 Å². The van der Waals surface area contributed by atoms with E-state index in [1.807, 2.05) is 26.0 Å². The van der Waals surface area contributed by atoms with Crippen LogP contribution in [-0.2, 0) is 4.74 Å². The Bertz CT molecular complexity index is 1370. The van der Waals surface area contributed by atoms with Crippen LogP contribution in [0.1, 0.15) is 25.8 Å². The van der Waals surface area contributed by atoms with Gasteiger partial charge in [0.2, 0.25) is 0 Å². The summed E-state index contributed by atoms with van der Waals surface area (Å²) in [6.45, 7) is 6.58. The number of pyridine rings is 1. The smallest absolute Gasteiger partial charge is 0.414 e. The third kappa shape index (κ3) is 3.40. The van der Waals surface area contributed by atoms with Crippen molar-refractivity contribution in [2.75, 3.05) is 23.4 Å². The lowest BCUT2D eigenvalue weighted by Crippen LogP contribution is -2.25. The number of amides is 2. The third-order valence-corrected chi connectivity index (χ3v) is 6.35. The fraction of sp³-hybridized carbons (Fsp3) is 0.217. The highest BCUT2D eigenvalue weighted by Gasteiger charge is 2.27. The van der Waals surface area contributed by atoms with Crippen molar-refractivity contribution in [1.29, 1.82) is 0 Å². The minimum atomic E-state index is -0.432.